The van der Waals surface area contributed by atoms with Crippen molar-refractivity contribution in [2.75, 3.05) is 5.32 Å². The predicted molar refractivity (Wildman–Crippen MR) is 92.9 cm³/mol. The normalized spacial score (nSPS) is 25.1. The summed E-state index contributed by atoms with van der Waals surface area (Å²) in [5, 5.41) is 24.0. The van der Waals surface area contributed by atoms with Crippen molar-refractivity contribution in [3.63, 3.8) is 0 Å². The first-order valence-corrected chi connectivity index (χ1v) is 8.86. The van der Waals surface area contributed by atoms with Crippen LogP contribution in [0.4, 0.5) is 10.5 Å². The number of nitrogens with one attached hydrogen (secondary N) is 2. The standard InChI is InChI=1S/C19H25N3O2/c20-13-19(10-1-11-19)22-17-8-4-15(5-9-17)12-14-2-6-16(7-3-14)21-18(23)24/h4-5,8-9,14,16,21-22H,1-3,6-7,10-12H2,(H,23,24). The SMILES string of the molecule is N#CC1(Nc2ccc(CC3CCC(NC(=O)O)CC3)cc2)CCC1. The van der Waals surface area contributed by atoms with E-state index in [4.69, 9.17) is 5.11 Å². The highest BCUT2D eigenvalue weighted by Gasteiger charge is 2.36. The Kier molecular flexibility index (Phi) is 4.94. The highest BCUT2D eigenvalue weighted by Crippen LogP contribution is 2.35. The molecule has 1 amide bonds. The minimum Gasteiger partial charge on any atom is -0.465 e. The summed E-state index contributed by atoms with van der Waals surface area (Å²) in [4.78, 5) is 10.7. The largest absolute Gasteiger partial charge is 0.465 e. The van der Waals surface area contributed by atoms with Crippen LogP contribution in [0.1, 0.15) is 50.5 Å². The molecule has 1 aromatic rings. The summed E-state index contributed by atoms with van der Waals surface area (Å²) in [5.74, 6) is 0.632. The quantitative estimate of drug-likeness (QED) is 0.765. The summed E-state index contributed by atoms with van der Waals surface area (Å²) < 4.78 is 0. The van der Waals surface area contributed by atoms with Crippen LogP contribution in [0.15, 0.2) is 24.3 Å². The molecule has 5 nitrogen and oxygen atoms in total. The van der Waals surface area contributed by atoms with E-state index < -0.39 is 6.09 Å². The maximum Gasteiger partial charge on any atom is 0.404 e. The fraction of sp³-hybridized carbons (Fsp3) is 0.579. The smallest absolute Gasteiger partial charge is 0.404 e. The van der Waals surface area contributed by atoms with Gasteiger partial charge in [0, 0.05) is 11.7 Å². The molecule has 2 saturated carbocycles. The molecule has 3 rings (SSSR count). The maximum atomic E-state index is 10.7. The average Bonchev–Trinajstić information content (AvgIpc) is 2.54. The Hall–Kier alpha value is -2.22. The van der Waals surface area contributed by atoms with Crippen LogP contribution in [0.3, 0.4) is 0 Å². The highest BCUT2D eigenvalue weighted by molar-refractivity contribution is 5.64. The van der Waals surface area contributed by atoms with E-state index in [1.54, 1.807) is 0 Å². The number of amides is 1. The van der Waals surface area contributed by atoms with Crippen LogP contribution in [0.2, 0.25) is 0 Å². The van der Waals surface area contributed by atoms with Crippen molar-refractivity contribution in [3.8, 4) is 6.07 Å². The number of carboxylic acid groups (broad SMARTS) is 1. The lowest BCUT2D eigenvalue weighted by molar-refractivity contribution is 0.182. The third kappa shape index (κ3) is 4.00. The number of nitriles is 1. The molecule has 3 N–H and O–H groups in total. The molecule has 128 valence electrons. The molecule has 0 saturated heterocycles. The summed E-state index contributed by atoms with van der Waals surface area (Å²) in [5.41, 5.74) is 1.99. The van der Waals surface area contributed by atoms with Crippen molar-refractivity contribution >= 4 is 11.8 Å². The Labute approximate surface area is 143 Å². The van der Waals surface area contributed by atoms with Crippen LogP contribution in [0.5, 0.6) is 0 Å². The molecule has 0 atom stereocenters. The van der Waals surface area contributed by atoms with Gasteiger partial charge in [0.2, 0.25) is 0 Å². The van der Waals surface area contributed by atoms with Crippen LogP contribution in [-0.4, -0.2) is 22.8 Å². The first kappa shape index (κ1) is 16.6. The van der Waals surface area contributed by atoms with E-state index in [2.05, 4.69) is 41.0 Å². The van der Waals surface area contributed by atoms with Crippen molar-refractivity contribution < 1.29 is 9.90 Å². The van der Waals surface area contributed by atoms with Gasteiger partial charge < -0.3 is 15.7 Å². The zero-order valence-corrected chi connectivity index (χ0v) is 13.9. The number of hydrogen-bond acceptors (Lipinski definition) is 3. The molecule has 0 spiro atoms. The molecular formula is C19H25N3O2. The molecule has 0 unspecified atom stereocenters. The third-order valence-corrected chi connectivity index (χ3v) is 5.46. The molecule has 0 radical (unpaired) electrons. The number of carbonyl (C=O) groups is 1. The average molecular weight is 327 g/mol. The van der Waals surface area contributed by atoms with Gasteiger partial charge in [-0.1, -0.05) is 12.1 Å². The number of rotatable bonds is 5. The van der Waals surface area contributed by atoms with Crippen molar-refractivity contribution in [3.05, 3.63) is 29.8 Å². The van der Waals surface area contributed by atoms with Gasteiger partial charge in [0.1, 0.15) is 5.54 Å². The maximum absolute atomic E-state index is 10.7. The summed E-state index contributed by atoms with van der Waals surface area (Å²) >= 11 is 0. The molecule has 2 fully saturated rings. The second-order valence-electron chi connectivity index (χ2n) is 7.24. The van der Waals surface area contributed by atoms with Crippen LogP contribution >= 0.6 is 0 Å². The zero-order chi connectivity index (χ0) is 17.0. The lowest BCUT2D eigenvalue weighted by Gasteiger charge is -2.36. The highest BCUT2D eigenvalue weighted by atomic mass is 16.4. The van der Waals surface area contributed by atoms with E-state index >= 15 is 0 Å². The van der Waals surface area contributed by atoms with Crippen LogP contribution in [-0.2, 0) is 6.42 Å². The number of anilines is 1. The van der Waals surface area contributed by atoms with Crippen molar-refractivity contribution in [1.82, 2.24) is 5.32 Å². The fourth-order valence-electron chi connectivity index (χ4n) is 3.81. The molecule has 2 aliphatic carbocycles. The Morgan fingerprint density at radius 1 is 1.21 bits per heavy atom. The zero-order valence-electron chi connectivity index (χ0n) is 13.9. The van der Waals surface area contributed by atoms with Crippen LogP contribution in [0.25, 0.3) is 0 Å². The van der Waals surface area contributed by atoms with E-state index in [1.165, 1.54) is 5.56 Å². The van der Waals surface area contributed by atoms with Crippen molar-refractivity contribution in [2.24, 2.45) is 5.92 Å². The number of nitrogens with zero attached hydrogens (tertiary/aromatic N) is 1. The van der Waals surface area contributed by atoms with E-state index in [1.807, 2.05) is 0 Å². The van der Waals surface area contributed by atoms with E-state index in [0.29, 0.717) is 5.92 Å². The lowest BCUT2D eigenvalue weighted by atomic mass is 9.78. The molecule has 0 aliphatic heterocycles. The Morgan fingerprint density at radius 3 is 2.38 bits per heavy atom. The van der Waals surface area contributed by atoms with Gasteiger partial charge in [-0.15, -0.1) is 0 Å². The van der Waals surface area contributed by atoms with Gasteiger partial charge in [0.15, 0.2) is 0 Å². The number of hydrogen-bond donors (Lipinski definition) is 3. The Balaban J connectivity index is 1.48. The van der Waals surface area contributed by atoms with Crippen LogP contribution in [0, 0.1) is 17.2 Å². The van der Waals surface area contributed by atoms with Gasteiger partial charge in [-0.3, -0.25) is 0 Å². The first-order chi connectivity index (χ1) is 11.6. The Bertz CT molecular complexity index is 608. The topological polar surface area (TPSA) is 85.2 Å². The second-order valence-corrected chi connectivity index (χ2v) is 7.24. The van der Waals surface area contributed by atoms with Crippen molar-refractivity contribution in [1.29, 1.82) is 5.26 Å². The fourth-order valence-corrected chi connectivity index (χ4v) is 3.81. The minimum absolute atomic E-state index is 0.120. The van der Waals surface area contributed by atoms with E-state index in [-0.39, 0.29) is 11.6 Å². The van der Waals surface area contributed by atoms with E-state index in [0.717, 1.165) is 57.1 Å². The molecule has 5 heteroatoms. The monoisotopic (exact) mass is 327 g/mol. The molecule has 0 bridgehead atoms. The summed E-state index contributed by atoms with van der Waals surface area (Å²) in [6.07, 6.45) is 7.12. The summed E-state index contributed by atoms with van der Waals surface area (Å²) in [6.45, 7) is 0. The minimum atomic E-state index is -0.914. The van der Waals surface area contributed by atoms with Crippen LogP contribution < -0.4 is 10.6 Å². The first-order valence-electron chi connectivity index (χ1n) is 8.86. The van der Waals surface area contributed by atoms with E-state index in [9.17, 15) is 10.1 Å². The van der Waals surface area contributed by atoms with Gasteiger partial charge in [-0.05, 0) is 75.0 Å². The molecule has 24 heavy (non-hydrogen) atoms. The van der Waals surface area contributed by atoms with Gasteiger partial charge in [-0.25, -0.2) is 4.79 Å². The predicted octanol–water partition coefficient (Wildman–Crippen LogP) is 3.91. The molecule has 2 aliphatic rings. The molecule has 1 aromatic carbocycles. The molecule has 0 aromatic heterocycles. The molecular weight excluding hydrogens is 302 g/mol. The molecule has 0 heterocycles. The lowest BCUT2D eigenvalue weighted by Crippen LogP contribution is -2.43. The van der Waals surface area contributed by atoms with Gasteiger partial charge in [0.25, 0.3) is 0 Å². The number of benzene rings is 1. The summed E-state index contributed by atoms with van der Waals surface area (Å²) in [7, 11) is 0. The Morgan fingerprint density at radius 2 is 1.88 bits per heavy atom. The second kappa shape index (κ2) is 7.12. The third-order valence-electron chi connectivity index (χ3n) is 5.46. The summed E-state index contributed by atoms with van der Waals surface area (Å²) in [6, 6.07) is 11.0. The van der Waals surface area contributed by atoms with Gasteiger partial charge >= 0.3 is 6.09 Å². The van der Waals surface area contributed by atoms with Crippen molar-refractivity contribution in [2.45, 2.75) is 62.9 Å². The van der Waals surface area contributed by atoms with Gasteiger partial charge in [0.05, 0.1) is 6.07 Å². The van der Waals surface area contributed by atoms with Gasteiger partial charge in [-0.2, -0.15) is 5.26 Å².